The Balaban J connectivity index is 2.42. The molecule has 1 aromatic heterocycles. The lowest BCUT2D eigenvalue weighted by atomic mass is 10.1. The number of thiazole rings is 1. The number of nitrogens with two attached hydrogens (primary N) is 1. The summed E-state index contributed by atoms with van der Waals surface area (Å²) in [5.41, 5.74) is 7.10. The van der Waals surface area contributed by atoms with Crippen LogP contribution in [0.1, 0.15) is 24.4 Å². The summed E-state index contributed by atoms with van der Waals surface area (Å²) in [6.45, 7) is 4.60. The van der Waals surface area contributed by atoms with Crippen LogP contribution in [0.15, 0.2) is 18.2 Å². The normalized spacial score (nSPS) is 11.3. The van der Waals surface area contributed by atoms with Crippen molar-refractivity contribution in [3.63, 3.8) is 0 Å². The van der Waals surface area contributed by atoms with Crippen LogP contribution in [-0.2, 0) is 13.0 Å². The van der Waals surface area contributed by atoms with Gasteiger partial charge in [0.05, 0.1) is 5.69 Å². The Morgan fingerprint density at radius 3 is 2.37 bits per heavy atom. The van der Waals surface area contributed by atoms with Crippen LogP contribution in [0.25, 0.3) is 10.6 Å². The number of hydrogen-bond acceptors (Lipinski definition) is 3. The monoisotopic (exact) mass is 282 g/mol. The largest absolute Gasteiger partial charge is 0.326 e. The van der Waals surface area contributed by atoms with E-state index in [2.05, 4.69) is 18.8 Å². The molecule has 1 aromatic carbocycles. The van der Waals surface area contributed by atoms with E-state index in [9.17, 15) is 8.78 Å². The van der Waals surface area contributed by atoms with Gasteiger partial charge in [-0.1, -0.05) is 13.8 Å². The Morgan fingerprint density at radius 2 is 1.84 bits per heavy atom. The number of hydrogen-bond donors (Lipinski definition) is 1. The Labute approximate surface area is 115 Å². The van der Waals surface area contributed by atoms with E-state index in [1.807, 2.05) is 0 Å². The van der Waals surface area contributed by atoms with Crippen molar-refractivity contribution in [1.82, 2.24) is 4.98 Å². The molecule has 2 N–H and O–H groups in total. The molecule has 0 atom stereocenters. The van der Waals surface area contributed by atoms with Gasteiger partial charge >= 0.3 is 0 Å². The fourth-order valence-electron chi connectivity index (χ4n) is 1.89. The minimum atomic E-state index is -0.593. The van der Waals surface area contributed by atoms with E-state index in [-0.39, 0.29) is 0 Å². The highest BCUT2D eigenvalue weighted by atomic mass is 32.1. The Kier molecular flexibility index (Phi) is 4.27. The maximum Gasteiger partial charge on any atom is 0.126 e. The van der Waals surface area contributed by atoms with Crippen molar-refractivity contribution in [3.05, 3.63) is 40.4 Å². The van der Waals surface area contributed by atoms with E-state index in [1.54, 1.807) is 0 Å². The molecule has 1 heterocycles. The summed E-state index contributed by atoms with van der Waals surface area (Å²) in [6, 6.07) is 3.44. The highest BCUT2D eigenvalue weighted by Crippen LogP contribution is 2.30. The molecule has 2 aromatic rings. The van der Waals surface area contributed by atoms with Crippen molar-refractivity contribution in [2.24, 2.45) is 11.7 Å². The van der Waals surface area contributed by atoms with E-state index in [0.29, 0.717) is 23.0 Å². The van der Waals surface area contributed by atoms with Gasteiger partial charge < -0.3 is 5.73 Å². The molecular formula is C14H16F2N2S. The molecule has 2 nitrogen and oxygen atoms in total. The highest BCUT2D eigenvalue weighted by Gasteiger charge is 2.14. The lowest BCUT2D eigenvalue weighted by Crippen LogP contribution is -2.01. The van der Waals surface area contributed by atoms with Crippen LogP contribution in [0.2, 0.25) is 0 Å². The van der Waals surface area contributed by atoms with Gasteiger partial charge in [-0.3, -0.25) is 0 Å². The molecule has 0 amide bonds. The Bertz CT molecular complexity index is 559. The first-order valence-electron chi connectivity index (χ1n) is 6.14. The molecule has 0 aliphatic carbocycles. The van der Waals surface area contributed by atoms with E-state index < -0.39 is 11.6 Å². The van der Waals surface area contributed by atoms with Crippen LogP contribution in [0.4, 0.5) is 8.78 Å². The zero-order chi connectivity index (χ0) is 14.0. The predicted molar refractivity (Wildman–Crippen MR) is 73.9 cm³/mol. The maximum atomic E-state index is 13.2. The number of nitrogens with zero attached hydrogens (tertiary/aromatic N) is 1. The second-order valence-electron chi connectivity index (χ2n) is 4.85. The van der Waals surface area contributed by atoms with Crippen molar-refractivity contribution in [2.75, 3.05) is 0 Å². The lowest BCUT2D eigenvalue weighted by molar-refractivity contribution is 0.584. The van der Waals surface area contributed by atoms with Crippen molar-refractivity contribution in [3.8, 4) is 10.6 Å². The first kappa shape index (κ1) is 14.1. The first-order valence-corrected chi connectivity index (χ1v) is 6.96. The second-order valence-corrected chi connectivity index (χ2v) is 5.93. The number of aromatic nitrogens is 1. The van der Waals surface area contributed by atoms with E-state index in [0.717, 1.165) is 23.1 Å². The summed E-state index contributed by atoms with van der Waals surface area (Å²) in [5.74, 6) is -0.723. The molecule has 2 rings (SSSR count). The van der Waals surface area contributed by atoms with E-state index >= 15 is 0 Å². The minimum absolute atomic E-state index is 0.400. The zero-order valence-electron chi connectivity index (χ0n) is 10.9. The summed E-state index contributed by atoms with van der Waals surface area (Å²) in [6.07, 6.45) is 0.820. The third kappa shape index (κ3) is 3.36. The van der Waals surface area contributed by atoms with Crippen LogP contribution in [-0.4, -0.2) is 4.98 Å². The Morgan fingerprint density at radius 1 is 1.21 bits per heavy atom. The summed E-state index contributed by atoms with van der Waals surface area (Å²) >= 11 is 1.40. The van der Waals surface area contributed by atoms with Gasteiger partial charge in [-0.15, -0.1) is 11.3 Å². The molecule has 0 aliphatic rings. The van der Waals surface area contributed by atoms with E-state index in [1.165, 1.54) is 23.5 Å². The van der Waals surface area contributed by atoms with Gasteiger partial charge in [0.25, 0.3) is 0 Å². The van der Waals surface area contributed by atoms with Gasteiger partial charge in [-0.2, -0.15) is 0 Å². The lowest BCUT2D eigenvalue weighted by Gasteiger charge is -2.02. The highest BCUT2D eigenvalue weighted by molar-refractivity contribution is 7.15. The standard InChI is InChI=1S/C14H16F2N2S/c1-8(2)3-12-13(7-17)19-14(18-12)9-4-10(15)6-11(16)5-9/h4-6,8H,3,7,17H2,1-2H3. The van der Waals surface area contributed by atoms with Crippen LogP contribution >= 0.6 is 11.3 Å². The molecule has 102 valence electrons. The third-order valence-electron chi connectivity index (χ3n) is 2.67. The van der Waals surface area contributed by atoms with Gasteiger partial charge in [0.1, 0.15) is 16.6 Å². The summed E-state index contributed by atoms with van der Waals surface area (Å²) < 4.78 is 26.5. The van der Waals surface area contributed by atoms with Crippen LogP contribution in [0, 0.1) is 17.6 Å². The fourth-order valence-corrected chi connectivity index (χ4v) is 2.84. The molecule has 0 radical (unpaired) electrons. The summed E-state index contributed by atoms with van der Waals surface area (Å²) in [7, 11) is 0. The molecule has 0 fully saturated rings. The predicted octanol–water partition coefficient (Wildman–Crippen LogP) is 3.75. The zero-order valence-corrected chi connectivity index (χ0v) is 11.7. The van der Waals surface area contributed by atoms with Crippen molar-refractivity contribution in [2.45, 2.75) is 26.8 Å². The quantitative estimate of drug-likeness (QED) is 0.927. The van der Waals surface area contributed by atoms with E-state index in [4.69, 9.17) is 5.73 Å². The molecule has 0 saturated heterocycles. The van der Waals surface area contributed by atoms with Crippen LogP contribution in [0.3, 0.4) is 0 Å². The summed E-state index contributed by atoms with van der Waals surface area (Å²) in [5, 5.41) is 0.620. The molecular weight excluding hydrogens is 266 g/mol. The summed E-state index contributed by atoms with van der Waals surface area (Å²) in [4.78, 5) is 5.46. The molecule has 0 unspecified atom stereocenters. The van der Waals surface area contributed by atoms with Gasteiger partial charge in [-0.05, 0) is 24.5 Å². The van der Waals surface area contributed by atoms with Crippen molar-refractivity contribution in [1.29, 1.82) is 0 Å². The molecule has 5 heteroatoms. The van der Waals surface area contributed by atoms with Crippen LogP contribution < -0.4 is 5.73 Å². The number of rotatable bonds is 4. The van der Waals surface area contributed by atoms with Gasteiger partial charge in [0, 0.05) is 23.1 Å². The number of halogens is 2. The van der Waals surface area contributed by atoms with Crippen LogP contribution in [0.5, 0.6) is 0 Å². The van der Waals surface area contributed by atoms with Crippen molar-refractivity contribution >= 4 is 11.3 Å². The minimum Gasteiger partial charge on any atom is -0.326 e. The average Bonchev–Trinajstić information content (AvgIpc) is 2.70. The molecule has 0 bridgehead atoms. The molecule has 19 heavy (non-hydrogen) atoms. The molecule has 0 spiro atoms. The van der Waals surface area contributed by atoms with Crippen molar-refractivity contribution < 1.29 is 8.78 Å². The topological polar surface area (TPSA) is 38.9 Å². The molecule has 0 saturated carbocycles. The average molecular weight is 282 g/mol. The smallest absolute Gasteiger partial charge is 0.126 e. The second kappa shape index (κ2) is 5.75. The maximum absolute atomic E-state index is 13.2. The Hall–Kier alpha value is -1.33. The van der Waals surface area contributed by atoms with Gasteiger partial charge in [-0.25, -0.2) is 13.8 Å². The number of benzene rings is 1. The fraction of sp³-hybridized carbons (Fsp3) is 0.357. The van der Waals surface area contributed by atoms with Gasteiger partial charge in [0.2, 0.25) is 0 Å². The third-order valence-corrected chi connectivity index (χ3v) is 3.84. The van der Waals surface area contributed by atoms with Gasteiger partial charge in [0.15, 0.2) is 0 Å². The molecule has 0 aliphatic heterocycles. The SMILES string of the molecule is CC(C)Cc1nc(-c2cc(F)cc(F)c2)sc1CN. The first-order chi connectivity index (χ1) is 8.99.